The van der Waals surface area contributed by atoms with E-state index in [1.165, 1.54) is 12.3 Å². The smallest absolute Gasteiger partial charge is 0.335 e. The van der Waals surface area contributed by atoms with Crippen molar-refractivity contribution in [3.63, 3.8) is 0 Å². The van der Waals surface area contributed by atoms with Gasteiger partial charge in [-0.05, 0) is 31.0 Å². The number of aromatic carboxylic acids is 1. The molecule has 0 saturated heterocycles. The lowest BCUT2D eigenvalue weighted by molar-refractivity contribution is 0.0697. The van der Waals surface area contributed by atoms with Crippen molar-refractivity contribution < 1.29 is 18.3 Å². The third kappa shape index (κ3) is 2.92. The number of hydrogen-bond donors (Lipinski definition) is 1. The molecule has 0 amide bonds. The predicted octanol–water partition coefficient (Wildman–Crippen LogP) is 1.66. The van der Waals surface area contributed by atoms with Gasteiger partial charge in [-0.15, -0.1) is 0 Å². The van der Waals surface area contributed by atoms with Crippen LogP contribution in [-0.2, 0) is 16.4 Å². The molecule has 0 bridgehead atoms. The quantitative estimate of drug-likeness (QED) is 0.907. The van der Waals surface area contributed by atoms with Crippen LogP contribution in [0.25, 0.3) is 11.0 Å². The third-order valence-electron chi connectivity index (χ3n) is 3.65. The second-order valence-electron chi connectivity index (χ2n) is 5.53. The highest BCUT2D eigenvalue weighted by atomic mass is 32.2. The summed E-state index contributed by atoms with van der Waals surface area (Å²) in [5, 5.41) is 9.04. The second-order valence-corrected chi connectivity index (χ2v) is 7.79. The van der Waals surface area contributed by atoms with Crippen molar-refractivity contribution in [3.8, 4) is 0 Å². The minimum absolute atomic E-state index is 0.0544. The van der Waals surface area contributed by atoms with Gasteiger partial charge in [0.1, 0.15) is 15.7 Å². The van der Waals surface area contributed by atoms with Gasteiger partial charge in [0, 0.05) is 18.7 Å². The summed E-state index contributed by atoms with van der Waals surface area (Å²) in [5.41, 5.74) is 1.61. The maximum absolute atomic E-state index is 11.4. The molecule has 1 N–H and O–H groups in total. The van der Waals surface area contributed by atoms with E-state index in [-0.39, 0.29) is 11.3 Å². The topological polar surface area (TPSA) is 89.3 Å². The minimum Gasteiger partial charge on any atom is -0.478 e. The molecule has 3 rings (SSSR count). The Morgan fingerprint density at radius 3 is 2.71 bits per heavy atom. The Morgan fingerprint density at radius 1 is 1.43 bits per heavy atom. The van der Waals surface area contributed by atoms with E-state index < -0.39 is 15.8 Å². The fraction of sp³-hybridized carbons (Fsp3) is 0.429. The molecule has 7 heteroatoms. The summed E-state index contributed by atoms with van der Waals surface area (Å²) < 4.78 is 24.7. The van der Waals surface area contributed by atoms with Crippen molar-refractivity contribution in [2.45, 2.75) is 25.3 Å². The Morgan fingerprint density at radius 2 is 2.14 bits per heavy atom. The van der Waals surface area contributed by atoms with E-state index in [9.17, 15) is 13.2 Å². The minimum atomic E-state index is -3.06. The predicted molar refractivity (Wildman–Crippen MR) is 78.4 cm³/mol. The number of benzene rings is 1. The number of imidazole rings is 1. The molecular weight excluding hydrogens is 292 g/mol. The van der Waals surface area contributed by atoms with E-state index in [1.807, 2.05) is 4.57 Å². The summed E-state index contributed by atoms with van der Waals surface area (Å²) in [4.78, 5) is 15.5. The highest BCUT2D eigenvalue weighted by Gasteiger charge is 2.29. The molecule has 1 heterocycles. The average Bonchev–Trinajstić information content (AvgIpc) is 3.16. The molecule has 0 aliphatic heterocycles. The molecule has 0 unspecified atom stereocenters. The second kappa shape index (κ2) is 4.84. The van der Waals surface area contributed by atoms with Gasteiger partial charge in [-0.25, -0.2) is 18.2 Å². The fourth-order valence-electron chi connectivity index (χ4n) is 2.43. The molecule has 112 valence electrons. The maximum atomic E-state index is 11.4. The molecule has 1 saturated carbocycles. The first-order valence-electron chi connectivity index (χ1n) is 6.76. The fourth-order valence-corrected chi connectivity index (χ4v) is 2.94. The van der Waals surface area contributed by atoms with Crippen molar-refractivity contribution in [2.75, 3.05) is 12.0 Å². The summed E-state index contributed by atoms with van der Waals surface area (Å²) in [6.07, 6.45) is 3.31. The number of rotatable bonds is 5. The molecule has 0 atom stereocenters. The zero-order chi connectivity index (χ0) is 15.2. The van der Waals surface area contributed by atoms with Gasteiger partial charge in [0.05, 0.1) is 22.3 Å². The molecule has 1 fully saturated rings. The molecule has 6 nitrogen and oxygen atoms in total. The van der Waals surface area contributed by atoms with E-state index in [2.05, 4.69) is 4.98 Å². The van der Waals surface area contributed by atoms with Crippen molar-refractivity contribution in [3.05, 3.63) is 29.6 Å². The van der Waals surface area contributed by atoms with Gasteiger partial charge in [-0.3, -0.25) is 0 Å². The molecule has 2 aromatic rings. The maximum Gasteiger partial charge on any atom is 0.335 e. The zero-order valence-corrected chi connectivity index (χ0v) is 12.4. The largest absolute Gasteiger partial charge is 0.478 e. The molecule has 0 spiro atoms. The summed E-state index contributed by atoms with van der Waals surface area (Å²) in [5.74, 6) is 0.302. The highest BCUT2D eigenvalue weighted by Crippen LogP contribution is 2.40. The van der Waals surface area contributed by atoms with Gasteiger partial charge >= 0.3 is 5.97 Å². The summed E-state index contributed by atoms with van der Waals surface area (Å²) in [6, 6.07) is 4.78. The Hall–Kier alpha value is -1.89. The summed E-state index contributed by atoms with van der Waals surface area (Å²) in [6.45, 7) is 0.355. The number of sulfone groups is 1. The van der Waals surface area contributed by atoms with Crippen molar-refractivity contribution in [1.82, 2.24) is 9.55 Å². The Labute approximate surface area is 122 Å². The SMILES string of the molecule is CS(=O)(=O)CCn1c(C2CC2)nc2cc(C(=O)O)ccc21. The van der Waals surface area contributed by atoms with Crippen LogP contribution in [0, 0.1) is 0 Å². The first-order chi connectivity index (χ1) is 9.85. The van der Waals surface area contributed by atoms with E-state index >= 15 is 0 Å². The lowest BCUT2D eigenvalue weighted by Crippen LogP contribution is -2.13. The first kappa shape index (κ1) is 14.1. The van der Waals surface area contributed by atoms with Crippen molar-refractivity contribution in [1.29, 1.82) is 0 Å². The average molecular weight is 308 g/mol. The van der Waals surface area contributed by atoms with Crippen LogP contribution in [0.15, 0.2) is 18.2 Å². The lowest BCUT2D eigenvalue weighted by Gasteiger charge is -2.07. The van der Waals surface area contributed by atoms with Crippen LogP contribution >= 0.6 is 0 Å². The molecule has 1 aliphatic rings. The van der Waals surface area contributed by atoms with Crippen molar-refractivity contribution in [2.24, 2.45) is 0 Å². The number of aromatic nitrogens is 2. The molecule has 21 heavy (non-hydrogen) atoms. The number of hydrogen-bond acceptors (Lipinski definition) is 4. The number of aryl methyl sites for hydroxylation is 1. The van der Waals surface area contributed by atoms with Crippen molar-refractivity contribution >= 4 is 26.8 Å². The molecule has 1 aromatic heterocycles. The third-order valence-corrected chi connectivity index (χ3v) is 4.58. The standard InChI is InChI=1S/C14H16N2O4S/c1-21(19,20)7-6-16-12-5-4-10(14(17)18)8-11(12)15-13(16)9-2-3-9/h4-5,8-9H,2-3,6-7H2,1H3,(H,17,18). The Kier molecular flexibility index (Phi) is 3.24. The number of carbonyl (C=O) groups is 1. The first-order valence-corrected chi connectivity index (χ1v) is 8.82. The van der Waals surface area contributed by atoms with Crippen LogP contribution < -0.4 is 0 Å². The van der Waals surface area contributed by atoms with Gasteiger partial charge < -0.3 is 9.67 Å². The van der Waals surface area contributed by atoms with Gasteiger partial charge in [0.25, 0.3) is 0 Å². The molecule has 0 radical (unpaired) electrons. The van der Waals surface area contributed by atoms with Crippen LogP contribution in [0.3, 0.4) is 0 Å². The van der Waals surface area contributed by atoms with Crippen LogP contribution in [0.1, 0.15) is 34.9 Å². The van der Waals surface area contributed by atoms with Crippen LogP contribution in [0.5, 0.6) is 0 Å². The van der Waals surface area contributed by atoms with E-state index in [1.54, 1.807) is 12.1 Å². The molecular formula is C14H16N2O4S. The van der Waals surface area contributed by atoms with Crippen LogP contribution in [0.4, 0.5) is 0 Å². The number of nitrogens with zero attached hydrogens (tertiary/aromatic N) is 2. The summed E-state index contributed by atoms with van der Waals surface area (Å²) in [7, 11) is -3.06. The number of carboxylic acid groups (broad SMARTS) is 1. The molecule has 1 aromatic carbocycles. The summed E-state index contributed by atoms with van der Waals surface area (Å²) >= 11 is 0. The van der Waals surface area contributed by atoms with Gasteiger partial charge in [-0.1, -0.05) is 0 Å². The zero-order valence-electron chi connectivity index (χ0n) is 11.6. The van der Waals surface area contributed by atoms with E-state index in [4.69, 9.17) is 5.11 Å². The van der Waals surface area contributed by atoms with E-state index in [0.29, 0.717) is 18.0 Å². The highest BCUT2D eigenvalue weighted by molar-refractivity contribution is 7.90. The van der Waals surface area contributed by atoms with Gasteiger partial charge in [-0.2, -0.15) is 0 Å². The number of carboxylic acids is 1. The number of fused-ring (bicyclic) bond motifs is 1. The van der Waals surface area contributed by atoms with E-state index in [0.717, 1.165) is 24.2 Å². The molecule has 1 aliphatic carbocycles. The monoisotopic (exact) mass is 308 g/mol. The normalized spacial score (nSPS) is 15.5. The Balaban J connectivity index is 2.07. The Bertz CT molecular complexity index is 819. The van der Waals surface area contributed by atoms with Gasteiger partial charge in [0.2, 0.25) is 0 Å². The lowest BCUT2D eigenvalue weighted by atomic mass is 10.2. The van der Waals surface area contributed by atoms with Crippen LogP contribution in [0.2, 0.25) is 0 Å². The van der Waals surface area contributed by atoms with Crippen LogP contribution in [-0.4, -0.2) is 41.1 Å². The van der Waals surface area contributed by atoms with Gasteiger partial charge in [0.15, 0.2) is 0 Å².